The Kier molecular flexibility index (Phi) is 1.77. The molecule has 0 aromatic carbocycles. The van der Waals surface area contributed by atoms with Gasteiger partial charge in [-0.05, 0) is 22.9 Å². The van der Waals surface area contributed by atoms with Crippen LogP contribution in [0, 0.1) is 6.92 Å². The molecule has 0 radical (unpaired) electrons. The SMILES string of the molecule is Cc1n[nH]c(=O)c2scc(Br)c12. The van der Waals surface area contributed by atoms with Crippen LogP contribution in [-0.2, 0) is 0 Å². The number of thiophene rings is 1. The monoisotopic (exact) mass is 244 g/mol. The molecule has 12 heavy (non-hydrogen) atoms. The van der Waals surface area contributed by atoms with Crippen LogP contribution in [0.15, 0.2) is 14.6 Å². The van der Waals surface area contributed by atoms with Crippen molar-refractivity contribution >= 4 is 37.4 Å². The third-order valence-electron chi connectivity index (χ3n) is 1.64. The molecule has 0 spiro atoms. The molecule has 2 heterocycles. The molecular weight excluding hydrogens is 240 g/mol. The molecule has 0 bridgehead atoms. The molecule has 62 valence electrons. The Bertz CT molecular complexity index is 488. The molecule has 0 aliphatic heterocycles. The smallest absolute Gasteiger partial charge is 0.266 e. The number of fused-ring (bicyclic) bond motifs is 1. The highest BCUT2D eigenvalue weighted by atomic mass is 79.9. The number of aromatic nitrogens is 2. The molecule has 5 heteroatoms. The summed E-state index contributed by atoms with van der Waals surface area (Å²) in [4.78, 5) is 11.2. The summed E-state index contributed by atoms with van der Waals surface area (Å²) in [5, 5.41) is 9.14. The minimum atomic E-state index is -0.119. The third-order valence-corrected chi connectivity index (χ3v) is 3.55. The summed E-state index contributed by atoms with van der Waals surface area (Å²) < 4.78 is 1.67. The summed E-state index contributed by atoms with van der Waals surface area (Å²) in [6.45, 7) is 1.87. The molecule has 0 atom stereocenters. The van der Waals surface area contributed by atoms with Gasteiger partial charge >= 0.3 is 0 Å². The number of hydrogen-bond donors (Lipinski definition) is 1. The molecule has 0 saturated heterocycles. The van der Waals surface area contributed by atoms with Crippen LogP contribution in [0.2, 0.25) is 0 Å². The van der Waals surface area contributed by atoms with Crippen molar-refractivity contribution in [2.45, 2.75) is 6.92 Å². The topological polar surface area (TPSA) is 45.8 Å². The van der Waals surface area contributed by atoms with Crippen LogP contribution < -0.4 is 5.56 Å². The molecule has 2 rings (SSSR count). The average Bonchev–Trinajstić information content (AvgIpc) is 2.42. The lowest BCUT2D eigenvalue weighted by Gasteiger charge is -1.93. The van der Waals surface area contributed by atoms with Gasteiger partial charge < -0.3 is 0 Å². The maximum Gasteiger partial charge on any atom is 0.282 e. The number of halogens is 1. The zero-order chi connectivity index (χ0) is 8.72. The first-order chi connectivity index (χ1) is 5.70. The molecule has 1 N–H and O–H groups in total. The van der Waals surface area contributed by atoms with E-state index in [0.29, 0.717) is 0 Å². The Balaban J connectivity index is 3.09. The van der Waals surface area contributed by atoms with Gasteiger partial charge in [-0.2, -0.15) is 5.10 Å². The standard InChI is InChI=1S/C7H5BrN2OS/c1-3-5-4(8)2-12-6(5)7(11)10-9-3/h2H,1H3,(H,10,11). The molecule has 0 aliphatic carbocycles. The molecule has 0 aliphatic rings. The molecule has 0 unspecified atom stereocenters. The summed E-state index contributed by atoms with van der Waals surface area (Å²) >= 11 is 4.79. The van der Waals surface area contributed by atoms with Crippen LogP contribution in [0.3, 0.4) is 0 Å². The van der Waals surface area contributed by atoms with E-state index >= 15 is 0 Å². The van der Waals surface area contributed by atoms with Crippen molar-refractivity contribution in [1.82, 2.24) is 10.2 Å². The lowest BCUT2D eigenvalue weighted by molar-refractivity contribution is 0.973. The van der Waals surface area contributed by atoms with Crippen LogP contribution in [0.5, 0.6) is 0 Å². The quantitative estimate of drug-likeness (QED) is 0.772. The van der Waals surface area contributed by atoms with Crippen LogP contribution in [0.1, 0.15) is 5.69 Å². The Hall–Kier alpha value is -0.680. The van der Waals surface area contributed by atoms with Crippen LogP contribution in [0.25, 0.3) is 10.1 Å². The number of aryl methyl sites for hydroxylation is 1. The van der Waals surface area contributed by atoms with E-state index in [9.17, 15) is 4.79 Å². The van der Waals surface area contributed by atoms with Crippen molar-refractivity contribution < 1.29 is 0 Å². The summed E-state index contributed by atoms with van der Waals surface area (Å²) in [6.07, 6.45) is 0. The van der Waals surface area contributed by atoms with Gasteiger partial charge in [0.1, 0.15) is 4.70 Å². The van der Waals surface area contributed by atoms with E-state index in [4.69, 9.17) is 0 Å². The number of nitrogens with zero attached hydrogens (tertiary/aromatic N) is 1. The van der Waals surface area contributed by atoms with E-state index in [1.165, 1.54) is 11.3 Å². The number of hydrogen-bond acceptors (Lipinski definition) is 3. The minimum Gasteiger partial charge on any atom is -0.266 e. The minimum absolute atomic E-state index is 0.119. The van der Waals surface area contributed by atoms with Gasteiger partial charge in [-0.3, -0.25) is 4.79 Å². The van der Waals surface area contributed by atoms with Crippen molar-refractivity contribution in [2.75, 3.05) is 0 Å². The predicted molar refractivity (Wildman–Crippen MR) is 52.7 cm³/mol. The van der Waals surface area contributed by atoms with E-state index in [-0.39, 0.29) is 5.56 Å². The van der Waals surface area contributed by atoms with Gasteiger partial charge in [0, 0.05) is 15.2 Å². The number of H-pyrrole nitrogens is 1. The molecule has 0 saturated carbocycles. The first-order valence-corrected chi connectivity index (χ1v) is 4.99. The van der Waals surface area contributed by atoms with Gasteiger partial charge in [0.2, 0.25) is 0 Å². The van der Waals surface area contributed by atoms with E-state index in [2.05, 4.69) is 26.1 Å². The van der Waals surface area contributed by atoms with Crippen molar-refractivity contribution in [3.05, 3.63) is 25.9 Å². The van der Waals surface area contributed by atoms with E-state index in [1.54, 1.807) is 0 Å². The van der Waals surface area contributed by atoms with Crippen LogP contribution in [-0.4, -0.2) is 10.2 Å². The normalized spacial score (nSPS) is 10.8. The second-order valence-corrected chi connectivity index (χ2v) is 4.16. The lowest BCUT2D eigenvalue weighted by Crippen LogP contribution is -2.07. The van der Waals surface area contributed by atoms with Gasteiger partial charge in [0.15, 0.2) is 0 Å². The maximum absolute atomic E-state index is 11.2. The zero-order valence-corrected chi connectivity index (χ0v) is 8.62. The molecule has 3 nitrogen and oxygen atoms in total. The fraction of sp³-hybridized carbons (Fsp3) is 0.143. The van der Waals surface area contributed by atoms with Crippen LogP contribution in [0.4, 0.5) is 0 Å². The molecular formula is C7H5BrN2OS. The molecule has 2 aromatic heterocycles. The molecule has 0 fully saturated rings. The maximum atomic E-state index is 11.2. The number of aromatic amines is 1. The zero-order valence-electron chi connectivity index (χ0n) is 6.22. The summed E-state index contributed by atoms with van der Waals surface area (Å²) in [7, 11) is 0. The highest BCUT2D eigenvalue weighted by Crippen LogP contribution is 2.28. The highest BCUT2D eigenvalue weighted by Gasteiger charge is 2.07. The first kappa shape index (κ1) is 7.94. The summed E-state index contributed by atoms with van der Waals surface area (Å²) in [5.41, 5.74) is 0.726. The van der Waals surface area contributed by atoms with Gasteiger partial charge in [-0.15, -0.1) is 11.3 Å². The Morgan fingerprint density at radius 1 is 1.67 bits per heavy atom. The fourth-order valence-electron chi connectivity index (χ4n) is 1.08. The fourth-order valence-corrected chi connectivity index (χ4v) is 2.85. The summed E-state index contributed by atoms with van der Waals surface area (Å²) in [6, 6.07) is 0. The largest absolute Gasteiger partial charge is 0.282 e. The predicted octanol–water partition coefficient (Wildman–Crippen LogP) is 2.06. The van der Waals surface area contributed by atoms with E-state index < -0.39 is 0 Å². The first-order valence-electron chi connectivity index (χ1n) is 3.32. The van der Waals surface area contributed by atoms with Crippen molar-refractivity contribution in [3.8, 4) is 0 Å². The Labute approximate surface area is 80.6 Å². The lowest BCUT2D eigenvalue weighted by atomic mass is 10.3. The number of nitrogens with one attached hydrogen (secondary N) is 1. The Morgan fingerprint density at radius 3 is 3.08 bits per heavy atom. The molecule has 2 aromatic rings. The Morgan fingerprint density at radius 2 is 2.42 bits per heavy atom. The van der Waals surface area contributed by atoms with Gasteiger partial charge in [0.05, 0.1) is 5.69 Å². The van der Waals surface area contributed by atoms with E-state index in [0.717, 1.165) is 20.3 Å². The van der Waals surface area contributed by atoms with E-state index in [1.807, 2.05) is 12.3 Å². The summed E-state index contributed by atoms with van der Waals surface area (Å²) in [5.74, 6) is 0. The molecule has 0 amide bonds. The van der Waals surface area contributed by atoms with Crippen LogP contribution >= 0.6 is 27.3 Å². The average molecular weight is 245 g/mol. The van der Waals surface area contributed by atoms with Crippen molar-refractivity contribution in [3.63, 3.8) is 0 Å². The third kappa shape index (κ3) is 1.01. The number of rotatable bonds is 0. The van der Waals surface area contributed by atoms with Gasteiger partial charge in [0.25, 0.3) is 5.56 Å². The van der Waals surface area contributed by atoms with Crippen molar-refractivity contribution in [2.24, 2.45) is 0 Å². The van der Waals surface area contributed by atoms with Gasteiger partial charge in [-0.1, -0.05) is 0 Å². The van der Waals surface area contributed by atoms with Crippen molar-refractivity contribution in [1.29, 1.82) is 0 Å². The van der Waals surface area contributed by atoms with Gasteiger partial charge in [-0.25, -0.2) is 5.10 Å². The second kappa shape index (κ2) is 2.67. The highest BCUT2D eigenvalue weighted by molar-refractivity contribution is 9.10. The second-order valence-electron chi connectivity index (χ2n) is 2.43.